The number of fused-ring (bicyclic) bond motifs is 1. The lowest BCUT2D eigenvalue weighted by Crippen LogP contribution is -2.46. The van der Waals surface area contributed by atoms with Gasteiger partial charge in [0.2, 0.25) is 0 Å². The smallest absolute Gasteiger partial charge is 0.0195 e. The molecule has 2 unspecified atom stereocenters. The lowest BCUT2D eigenvalue weighted by molar-refractivity contribution is 0.165. The van der Waals surface area contributed by atoms with Crippen molar-refractivity contribution in [1.82, 2.24) is 10.2 Å². The quantitative estimate of drug-likeness (QED) is 0.886. The summed E-state index contributed by atoms with van der Waals surface area (Å²) in [6.45, 7) is 6.04. The van der Waals surface area contributed by atoms with Gasteiger partial charge in [-0.3, -0.25) is 4.90 Å². The Labute approximate surface area is 123 Å². The van der Waals surface area contributed by atoms with Gasteiger partial charge in [-0.05, 0) is 62.7 Å². The Hall–Kier alpha value is -0.860. The molecule has 3 rings (SSSR count). The maximum Gasteiger partial charge on any atom is 0.0195 e. The Bertz CT molecular complexity index is 423. The largest absolute Gasteiger partial charge is 0.313 e. The van der Waals surface area contributed by atoms with E-state index in [9.17, 15) is 0 Å². The van der Waals surface area contributed by atoms with E-state index in [0.717, 1.165) is 12.1 Å². The maximum absolute atomic E-state index is 3.66. The van der Waals surface area contributed by atoms with Gasteiger partial charge in [-0.2, -0.15) is 0 Å². The molecule has 1 aromatic rings. The van der Waals surface area contributed by atoms with Crippen molar-refractivity contribution >= 4 is 0 Å². The first-order chi connectivity index (χ1) is 9.86. The SMILES string of the molecule is CCCN(CC1CCCN1)C1CCc2ccccc2C1. The van der Waals surface area contributed by atoms with Crippen LogP contribution in [0.1, 0.15) is 43.7 Å². The summed E-state index contributed by atoms with van der Waals surface area (Å²) in [4.78, 5) is 2.76. The van der Waals surface area contributed by atoms with E-state index in [2.05, 4.69) is 41.4 Å². The normalized spacial score (nSPS) is 25.9. The molecule has 1 N–H and O–H groups in total. The third-order valence-electron chi connectivity index (χ3n) is 4.97. The van der Waals surface area contributed by atoms with Crippen LogP contribution in [0.15, 0.2) is 24.3 Å². The van der Waals surface area contributed by atoms with Crippen LogP contribution in [0.5, 0.6) is 0 Å². The van der Waals surface area contributed by atoms with Gasteiger partial charge in [0.25, 0.3) is 0 Å². The van der Waals surface area contributed by atoms with Crippen LogP contribution >= 0.6 is 0 Å². The van der Waals surface area contributed by atoms with Gasteiger partial charge in [-0.1, -0.05) is 31.2 Å². The van der Waals surface area contributed by atoms with E-state index in [1.807, 2.05) is 0 Å². The van der Waals surface area contributed by atoms with Crippen molar-refractivity contribution in [3.05, 3.63) is 35.4 Å². The minimum absolute atomic E-state index is 0.735. The van der Waals surface area contributed by atoms with Gasteiger partial charge in [-0.15, -0.1) is 0 Å². The van der Waals surface area contributed by atoms with Crippen molar-refractivity contribution in [2.75, 3.05) is 19.6 Å². The molecular weight excluding hydrogens is 244 g/mol. The van der Waals surface area contributed by atoms with Crippen molar-refractivity contribution < 1.29 is 0 Å². The summed E-state index contributed by atoms with van der Waals surface area (Å²) < 4.78 is 0. The number of nitrogens with one attached hydrogen (secondary N) is 1. The number of rotatable bonds is 5. The summed E-state index contributed by atoms with van der Waals surface area (Å²) in [6, 6.07) is 10.5. The molecule has 0 radical (unpaired) electrons. The predicted octanol–water partition coefficient (Wildman–Crippen LogP) is 3.01. The fourth-order valence-corrected chi connectivity index (χ4v) is 3.90. The van der Waals surface area contributed by atoms with E-state index in [-0.39, 0.29) is 0 Å². The van der Waals surface area contributed by atoms with Crippen LogP contribution in [0.2, 0.25) is 0 Å². The molecule has 1 aliphatic heterocycles. The molecule has 1 fully saturated rings. The molecule has 1 aliphatic carbocycles. The first-order valence-electron chi connectivity index (χ1n) is 8.41. The lowest BCUT2D eigenvalue weighted by atomic mass is 9.87. The molecule has 0 spiro atoms. The molecule has 1 aromatic carbocycles. The molecule has 2 nitrogen and oxygen atoms in total. The standard InChI is InChI=1S/C18H28N2/c1-2-12-20(14-17-8-5-11-19-17)18-10-9-15-6-3-4-7-16(15)13-18/h3-4,6-7,17-19H,2,5,8-14H2,1H3. The molecule has 0 aromatic heterocycles. The highest BCUT2D eigenvalue weighted by atomic mass is 15.2. The van der Waals surface area contributed by atoms with Gasteiger partial charge >= 0.3 is 0 Å². The van der Waals surface area contributed by atoms with E-state index in [1.54, 1.807) is 11.1 Å². The Morgan fingerprint density at radius 2 is 2.05 bits per heavy atom. The van der Waals surface area contributed by atoms with Gasteiger partial charge < -0.3 is 5.32 Å². The molecule has 2 aliphatic rings. The number of benzene rings is 1. The van der Waals surface area contributed by atoms with Gasteiger partial charge in [0.1, 0.15) is 0 Å². The number of nitrogens with zero attached hydrogens (tertiary/aromatic N) is 1. The molecule has 2 atom stereocenters. The van der Waals surface area contributed by atoms with Crippen LogP contribution in [0.3, 0.4) is 0 Å². The Morgan fingerprint density at radius 3 is 2.80 bits per heavy atom. The molecule has 110 valence electrons. The minimum atomic E-state index is 0.735. The molecule has 1 saturated heterocycles. The van der Waals surface area contributed by atoms with Crippen LogP contribution < -0.4 is 5.32 Å². The van der Waals surface area contributed by atoms with Crippen LogP contribution in [-0.2, 0) is 12.8 Å². The van der Waals surface area contributed by atoms with E-state index in [1.165, 1.54) is 58.2 Å². The van der Waals surface area contributed by atoms with Crippen molar-refractivity contribution in [1.29, 1.82) is 0 Å². The van der Waals surface area contributed by atoms with Crippen LogP contribution in [0.4, 0.5) is 0 Å². The predicted molar refractivity (Wildman–Crippen MR) is 85.1 cm³/mol. The average Bonchev–Trinajstić information content (AvgIpc) is 2.99. The van der Waals surface area contributed by atoms with E-state index in [0.29, 0.717) is 0 Å². The number of hydrogen-bond donors (Lipinski definition) is 1. The van der Waals surface area contributed by atoms with Crippen molar-refractivity contribution in [2.45, 2.75) is 57.5 Å². The van der Waals surface area contributed by atoms with Crippen molar-refractivity contribution in [3.63, 3.8) is 0 Å². The summed E-state index contributed by atoms with van der Waals surface area (Å²) in [5.41, 5.74) is 3.17. The zero-order valence-corrected chi connectivity index (χ0v) is 12.8. The number of hydrogen-bond acceptors (Lipinski definition) is 2. The molecular formula is C18H28N2. The molecule has 0 bridgehead atoms. The molecule has 1 heterocycles. The second-order valence-corrected chi connectivity index (χ2v) is 6.45. The third-order valence-corrected chi connectivity index (χ3v) is 4.97. The highest BCUT2D eigenvalue weighted by Crippen LogP contribution is 2.25. The van der Waals surface area contributed by atoms with Crippen LogP contribution in [0, 0.1) is 0 Å². The lowest BCUT2D eigenvalue weighted by Gasteiger charge is -2.36. The molecule has 2 heteroatoms. The Balaban J connectivity index is 1.65. The second-order valence-electron chi connectivity index (χ2n) is 6.45. The highest BCUT2D eigenvalue weighted by molar-refractivity contribution is 5.30. The van der Waals surface area contributed by atoms with Gasteiger partial charge in [-0.25, -0.2) is 0 Å². The third kappa shape index (κ3) is 3.24. The van der Waals surface area contributed by atoms with Crippen LogP contribution in [-0.4, -0.2) is 36.6 Å². The Morgan fingerprint density at radius 1 is 1.20 bits per heavy atom. The fourth-order valence-electron chi connectivity index (χ4n) is 3.90. The molecule has 0 saturated carbocycles. The summed E-state index contributed by atoms with van der Waals surface area (Å²) in [5.74, 6) is 0. The topological polar surface area (TPSA) is 15.3 Å². The van der Waals surface area contributed by atoms with Gasteiger partial charge in [0.05, 0.1) is 0 Å². The zero-order chi connectivity index (χ0) is 13.8. The molecule has 20 heavy (non-hydrogen) atoms. The minimum Gasteiger partial charge on any atom is -0.313 e. The highest BCUT2D eigenvalue weighted by Gasteiger charge is 2.26. The first kappa shape index (κ1) is 14.1. The van der Waals surface area contributed by atoms with Crippen LogP contribution in [0.25, 0.3) is 0 Å². The summed E-state index contributed by atoms with van der Waals surface area (Å²) in [7, 11) is 0. The summed E-state index contributed by atoms with van der Waals surface area (Å²) in [6.07, 6.45) is 7.85. The van der Waals surface area contributed by atoms with Crippen molar-refractivity contribution in [3.8, 4) is 0 Å². The van der Waals surface area contributed by atoms with Crippen molar-refractivity contribution in [2.24, 2.45) is 0 Å². The maximum atomic E-state index is 3.66. The number of aryl methyl sites for hydroxylation is 1. The second kappa shape index (κ2) is 6.73. The summed E-state index contributed by atoms with van der Waals surface area (Å²) >= 11 is 0. The van der Waals surface area contributed by atoms with E-state index in [4.69, 9.17) is 0 Å². The summed E-state index contributed by atoms with van der Waals surface area (Å²) in [5, 5.41) is 3.66. The average molecular weight is 272 g/mol. The Kier molecular flexibility index (Phi) is 4.74. The zero-order valence-electron chi connectivity index (χ0n) is 12.8. The van der Waals surface area contributed by atoms with E-state index >= 15 is 0 Å². The van der Waals surface area contributed by atoms with Gasteiger partial charge in [0, 0.05) is 18.6 Å². The fraction of sp³-hybridized carbons (Fsp3) is 0.667. The first-order valence-corrected chi connectivity index (χ1v) is 8.41. The molecule has 0 amide bonds. The monoisotopic (exact) mass is 272 g/mol. The van der Waals surface area contributed by atoms with Gasteiger partial charge in [0.15, 0.2) is 0 Å². The van der Waals surface area contributed by atoms with E-state index < -0.39 is 0 Å².